The van der Waals surface area contributed by atoms with Crippen molar-refractivity contribution in [2.75, 3.05) is 6.61 Å². The zero-order valence-electron chi connectivity index (χ0n) is 10.8. The van der Waals surface area contributed by atoms with Crippen LogP contribution in [0.1, 0.15) is 12.5 Å². The van der Waals surface area contributed by atoms with Crippen molar-refractivity contribution in [3.05, 3.63) is 46.4 Å². The number of esters is 1. The molecule has 0 amide bonds. The Morgan fingerprint density at radius 1 is 1.40 bits per heavy atom. The van der Waals surface area contributed by atoms with Gasteiger partial charge in [-0.2, -0.15) is 4.98 Å². The van der Waals surface area contributed by atoms with Crippen molar-refractivity contribution in [3.8, 4) is 0 Å². The Hall–Kier alpha value is -2.21. The Labute approximate surface area is 118 Å². The van der Waals surface area contributed by atoms with Gasteiger partial charge in [0.25, 0.3) is 5.56 Å². The lowest BCUT2D eigenvalue weighted by molar-refractivity contribution is -0.142. The summed E-state index contributed by atoms with van der Waals surface area (Å²) in [6.45, 7) is 2.17. The summed E-state index contributed by atoms with van der Waals surface area (Å²) in [4.78, 5) is 27.4. The zero-order valence-corrected chi connectivity index (χ0v) is 11.6. The Morgan fingerprint density at radius 3 is 3.05 bits per heavy atom. The number of hydrogen-bond acceptors (Lipinski definition) is 5. The summed E-state index contributed by atoms with van der Waals surface area (Å²) in [6, 6.07) is 7.20. The lowest BCUT2D eigenvalue weighted by Gasteiger charge is -2.02. The molecule has 0 spiro atoms. The van der Waals surface area contributed by atoms with Gasteiger partial charge in [-0.1, -0.05) is 17.4 Å². The van der Waals surface area contributed by atoms with Gasteiger partial charge >= 0.3 is 5.97 Å². The van der Waals surface area contributed by atoms with Crippen molar-refractivity contribution in [2.45, 2.75) is 13.3 Å². The van der Waals surface area contributed by atoms with E-state index in [9.17, 15) is 9.59 Å². The van der Waals surface area contributed by atoms with Crippen LogP contribution in [0.2, 0.25) is 0 Å². The largest absolute Gasteiger partial charge is 0.466 e. The standard InChI is InChI=1S/C14H12N2O3S/c1-2-19-13(18)8-9-3-4-10-11(7-9)20-14-15-12(17)5-6-16(10)14/h3-7H,2,8H2,1H3. The van der Waals surface area contributed by atoms with E-state index in [1.807, 2.05) is 22.6 Å². The molecule has 0 bridgehead atoms. The van der Waals surface area contributed by atoms with E-state index in [0.29, 0.717) is 11.6 Å². The van der Waals surface area contributed by atoms with Gasteiger partial charge in [0.05, 0.1) is 23.2 Å². The van der Waals surface area contributed by atoms with E-state index in [2.05, 4.69) is 4.98 Å². The summed E-state index contributed by atoms with van der Waals surface area (Å²) in [5.41, 5.74) is 1.62. The third kappa shape index (κ3) is 2.30. The van der Waals surface area contributed by atoms with E-state index in [0.717, 1.165) is 15.8 Å². The second-order valence-corrected chi connectivity index (χ2v) is 5.31. The number of carbonyl (C=O) groups is 1. The zero-order chi connectivity index (χ0) is 14.1. The first-order valence-electron chi connectivity index (χ1n) is 6.24. The minimum absolute atomic E-state index is 0.236. The fourth-order valence-corrected chi connectivity index (χ4v) is 3.14. The molecule has 3 aromatic rings. The maximum absolute atomic E-state index is 11.5. The summed E-state index contributed by atoms with van der Waals surface area (Å²) >= 11 is 1.43. The third-order valence-electron chi connectivity index (χ3n) is 2.92. The Bertz CT molecular complexity index is 850. The van der Waals surface area contributed by atoms with Crippen molar-refractivity contribution in [1.82, 2.24) is 9.38 Å². The number of thiazole rings is 1. The normalized spacial score (nSPS) is 11.1. The van der Waals surface area contributed by atoms with Crippen LogP contribution in [0.3, 0.4) is 0 Å². The second-order valence-electron chi connectivity index (χ2n) is 4.30. The van der Waals surface area contributed by atoms with E-state index in [1.54, 1.807) is 13.1 Å². The molecule has 1 aromatic carbocycles. The average molecular weight is 288 g/mol. The summed E-state index contributed by atoms with van der Waals surface area (Å²) in [7, 11) is 0. The maximum atomic E-state index is 11.5. The van der Waals surface area contributed by atoms with Crippen molar-refractivity contribution in [2.24, 2.45) is 0 Å². The molecule has 0 saturated heterocycles. The first kappa shape index (κ1) is 12.8. The molecule has 0 radical (unpaired) electrons. The lowest BCUT2D eigenvalue weighted by Crippen LogP contribution is -2.07. The minimum Gasteiger partial charge on any atom is -0.466 e. The topological polar surface area (TPSA) is 60.7 Å². The van der Waals surface area contributed by atoms with E-state index >= 15 is 0 Å². The predicted octanol–water partition coefficient (Wildman–Crippen LogP) is 2.01. The summed E-state index contributed by atoms with van der Waals surface area (Å²) in [5.74, 6) is -0.236. The number of carbonyl (C=O) groups excluding carboxylic acids is 1. The van der Waals surface area contributed by atoms with Crippen molar-refractivity contribution < 1.29 is 9.53 Å². The van der Waals surface area contributed by atoms with Crippen LogP contribution in [-0.2, 0) is 16.0 Å². The Morgan fingerprint density at radius 2 is 2.25 bits per heavy atom. The fourth-order valence-electron chi connectivity index (χ4n) is 2.07. The first-order valence-corrected chi connectivity index (χ1v) is 7.05. The highest BCUT2D eigenvalue weighted by Crippen LogP contribution is 2.25. The number of rotatable bonds is 3. The third-order valence-corrected chi connectivity index (χ3v) is 3.93. The highest BCUT2D eigenvalue weighted by atomic mass is 32.1. The summed E-state index contributed by atoms with van der Waals surface area (Å²) < 4.78 is 7.80. The highest BCUT2D eigenvalue weighted by Gasteiger charge is 2.08. The molecule has 0 fully saturated rings. The van der Waals surface area contributed by atoms with Crippen molar-refractivity contribution >= 4 is 32.5 Å². The molecule has 0 N–H and O–H groups in total. The molecule has 0 aliphatic heterocycles. The maximum Gasteiger partial charge on any atom is 0.310 e. The summed E-state index contributed by atoms with van der Waals surface area (Å²) in [6.07, 6.45) is 1.97. The monoisotopic (exact) mass is 288 g/mol. The van der Waals surface area contributed by atoms with Crippen LogP contribution in [0, 0.1) is 0 Å². The van der Waals surface area contributed by atoms with Crippen LogP contribution in [0.5, 0.6) is 0 Å². The number of fused-ring (bicyclic) bond motifs is 3. The van der Waals surface area contributed by atoms with Crippen LogP contribution in [-0.4, -0.2) is 22.0 Å². The Balaban J connectivity index is 2.05. The molecular formula is C14H12N2O3S. The minimum atomic E-state index is -0.247. The first-order chi connectivity index (χ1) is 9.67. The van der Waals surface area contributed by atoms with E-state index < -0.39 is 0 Å². The average Bonchev–Trinajstić information content (AvgIpc) is 2.75. The van der Waals surface area contributed by atoms with Gasteiger partial charge in [-0.3, -0.25) is 14.0 Å². The van der Waals surface area contributed by atoms with Gasteiger partial charge in [0.2, 0.25) is 0 Å². The number of hydrogen-bond donors (Lipinski definition) is 0. The van der Waals surface area contributed by atoms with Crippen LogP contribution >= 0.6 is 11.3 Å². The van der Waals surface area contributed by atoms with E-state index in [-0.39, 0.29) is 17.9 Å². The van der Waals surface area contributed by atoms with Crippen LogP contribution in [0.15, 0.2) is 35.3 Å². The molecule has 2 aromatic heterocycles. The molecule has 0 aliphatic rings. The van der Waals surface area contributed by atoms with Gasteiger partial charge in [-0.05, 0) is 24.6 Å². The SMILES string of the molecule is CCOC(=O)Cc1ccc2c(c1)sc1nc(=O)ccn12. The van der Waals surface area contributed by atoms with Crippen LogP contribution in [0.4, 0.5) is 0 Å². The number of aromatic nitrogens is 2. The quantitative estimate of drug-likeness (QED) is 0.692. The molecule has 5 nitrogen and oxygen atoms in total. The van der Waals surface area contributed by atoms with Crippen LogP contribution in [0.25, 0.3) is 15.2 Å². The number of nitrogens with zero attached hydrogens (tertiary/aromatic N) is 2. The van der Waals surface area contributed by atoms with Crippen molar-refractivity contribution in [1.29, 1.82) is 0 Å². The van der Waals surface area contributed by atoms with Gasteiger partial charge in [-0.25, -0.2) is 0 Å². The molecule has 6 heteroatoms. The van der Waals surface area contributed by atoms with Crippen LogP contribution < -0.4 is 5.56 Å². The number of benzene rings is 1. The van der Waals surface area contributed by atoms with Gasteiger partial charge in [-0.15, -0.1) is 0 Å². The molecule has 102 valence electrons. The van der Waals surface area contributed by atoms with E-state index in [4.69, 9.17) is 4.74 Å². The molecular weight excluding hydrogens is 276 g/mol. The smallest absolute Gasteiger partial charge is 0.310 e. The molecule has 0 atom stereocenters. The molecule has 20 heavy (non-hydrogen) atoms. The highest BCUT2D eigenvalue weighted by molar-refractivity contribution is 7.23. The molecule has 3 rings (SSSR count). The van der Waals surface area contributed by atoms with Gasteiger partial charge in [0, 0.05) is 12.3 Å². The van der Waals surface area contributed by atoms with Gasteiger partial charge in [0.1, 0.15) is 0 Å². The molecule has 0 aliphatic carbocycles. The Kier molecular flexibility index (Phi) is 3.23. The van der Waals surface area contributed by atoms with Gasteiger partial charge in [0.15, 0.2) is 4.96 Å². The second kappa shape index (κ2) is 5.05. The lowest BCUT2D eigenvalue weighted by atomic mass is 10.1. The van der Waals surface area contributed by atoms with Crippen molar-refractivity contribution in [3.63, 3.8) is 0 Å². The molecule has 0 saturated carbocycles. The van der Waals surface area contributed by atoms with Gasteiger partial charge < -0.3 is 4.74 Å². The molecule has 0 unspecified atom stereocenters. The fraction of sp³-hybridized carbons (Fsp3) is 0.214. The number of ether oxygens (including phenoxy) is 1. The predicted molar refractivity (Wildman–Crippen MR) is 77.2 cm³/mol. The summed E-state index contributed by atoms with van der Waals surface area (Å²) in [5, 5.41) is 0. The van der Waals surface area contributed by atoms with E-state index in [1.165, 1.54) is 17.4 Å². The molecule has 2 heterocycles.